The standard InChI is InChI=1S/C24H26N6/c1-16-12-18(17(2)29(16)20-8-6-7-9-20)13-19(14-25)23-22(15-26)24(27)30(28-23)21-10-4-3-5-11-21/h3-5,10-13,20,22,24H,6-9,27H2,1-2H3/b19-13-/t22-,24+/m1/s1. The molecule has 2 heterocycles. The fourth-order valence-electron chi connectivity index (χ4n) is 4.71. The average Bonchev–Trinajstić information content (AvgIpc) is 3.45. The van der Waals surface area contributed by atoms with Gasteiger partial charge in [0.25, 0.3) is 0 Å². The number of aromatic nitrogens is 1. The molecule has 0 saturated heterocycles. The van der Waals surface area contributed by atoms with Gasteiger partial charge in [0.05, 0.1) is 23.0 Å². The second-order valence-electron chi connectivity index (χ2n) is 8.07. The lowest BCUT2D eigenvalue weighted by molar-refractivity contribution is 0.500. The Balaban J connectivity index is 1.73. The summed E-state index contributed by atoms with van der Waals surface area (Å²) < 4.78 is 2.40. The number of allylic oxidation sites excluding steroid dienone is 1. The van der Waals surface area contributed by atoms with E-state index in [1.165, 1.54) is 31.4 Å². The molecule has 152 valence electrons. The Bertz CT molecular complexity index is 1070. The third-order valence-corrected chi connectivity index (χ3v) is 6.20. The number of hydrogen-bond acceptors (Lipinski definition) is 5. The number of benzene rings is 1. The van der Waals surface area contributed by atoms with Crippen molar-refractivity contribution >= 4 is 17.5 Å². The Morgan fingerprint density at radius 2 is 1.87 bits per heavy atom. The summed E-state index contributed by atoms with van der Waals surface area (Å²) in [6, 6.07) is 16.7. The van der Waals surface area contributed by atoms with Crippen LogP contribution in [0.15, 0.2) is 47.1 Å². The van der Waals surface area contributed by atoms with Crippen LogP contribution in [0.2, 0.25) is 0 Å². The van der Waals surface area contributed by atoms with Gasteiger partial charge in [-0.2, -0.15) is 15.6 Å². The number of nitriles is 2. The molecular weight excluding hydrogens is 372 g/mol. The summed E-state index contributed by atoms with van der Waals surface area (Å²) in [6.07, 6.45) is 6.17. The minimum absolute atomic E-state index is 0.391. The molecule has 0 radical (unpaired) electrons. The summed E-state index contributed by atoms with van der Waals surface area (Å²) in [7, 11) is 0. The number of aryl methyl sites for hydroxylation is 1. The molecule has 0 bridgehead atoms. The van der Waals surface area contributed by atoms with Crippen molar-refractivity contribution in [3.63, 3.8) is 0 Å². The van der Waals surface area contributed by atoms with E-state index in [9.17, 15) is 10.5 Å². The van der Waals surface area contributed by atoms with Gasteiger partial charge in [0.2, 0.25) is 0 Å². The van der Waals surface area contributed by atoms with Crippen LogP contribution in [0.4, 0.5) is 5.69 Å². The van der Waals surface area contributed by atoms with E-state index in [1.807, 2.05) is 36.4 Å². The monoisotopic (exact) mass is 398 g/mol. The third-order valence-electron chi connectivity index (χ3n) is 6.20. The Morgan fingerprint density at radius 3 is 2.50 bits per heavy atom. The zero-order valence-corrected chi connectivity index (χ0v) is 17.4. The molecule has 2 aliphatic rings. The molecule has 30 heavy (non-hydrogen) atoms. The Labute approximate surface area is 177 Å². The van der Waals surface area contributed by atoms with Crippen molar-refractivity contribution < 1.29 is 0 Å². The maximum atomic E-state index is 9.91. The van der Waals surface area contributed by atoms with E-state index in [0.29, 0.717) is 17.3 Å². The van der Waals surface area contributed by atoms with Crippen LogP contribution < -0.4 is 10.7 Å². The molecule has 2 atom stereocenters. The molecule has 1 aliphatic heterocycles. The summed E-state index contributed by atoms with van der Waals surface area (Å²) in [5.41, 5.74) is 11.3. The van der Waals surface area contributed by atoms with E-state index in [1.54, 1.807) is 5.01 Å². The topological polar surface area (TPSA) is 94.1 Å². The first-order chi connectivity index (χ1) is 14.5. The van der Waals surface area contributed by atoms with Gasteiger partial charge in [-0.1, -0.05) is 31.0 Å². The maximum absolute atomic E-state index is 9.91. The predicted molar refractivity (Wildman–Crippen MR) is 118 cm³/mol. The van der Waals surface area contributed by atoms with Crippen LogP contribution in [0, 0.1) is 42.4 Å². The lowest BCUT2D eigenvalue weighted by Gasteiger charge is -2.21. The summed E-state index contributed by atoms with van der Waals surface area (Å²) in [6.45, 7) is 4.22. The maximum Gasteiger partial charge on any atom is 0.127 e. The van der Waals surface area contributed by atoms with E-state index >= 15 is 0 Å². The smallest absolute Gasteiger partial charge is 0.127 e. The van der Waals surface area contributed by atoms with Crippen molar-refractivity contribution in [1.82, 2.24) is 4.57 Å². The number of hydrazone groups is 1. The molecule has 6 nitrogen and oxygen atoms in total. The van der Waals surface area contributed by atoms with E-state index in [2.05, 4.69) is 41.7 Å². The third kappa shape index (κ3) is 3.40. The number of hydrogen-bond donors (Lipinski definition) is 1. The van der Waals surface area contributed by atoms with Gasteiger partial charge in [-0.05, 0) is 56.5 Å². The quantitative estimate of drug-likeness (QED) is 0.771. The minimum Gasteiger partial charge on any atom is -0.346 e. The number of nitrogens with zero attached hydrogens (tertiary/aromatic N) is 5. The van der Waals surface area contributed by atoms with Crippen LogP contribution in [0.3, 0.4) is 0 Å². The van der Waals surface area contributed by atoms with Crippen LogP contribution in [0.25, 0.3) is 6.08 Å². The van der Waals surface area contributed by atoms with Gasteiger partial charge in [-0.15, -0.1) is 0 Å². The molecule has 0 amide bonds. The van der Waals surface area contributed by atoms with Gasteiger partial charge in [0, 0.05) is 17.4 Å². The van der Waals surface area contributed by atoms with E-state index in [0.717, 1.165) is 16.9 Å². The lowest BCUT2D eigenvalue weighted by Crippen LogP contribution is -2.40. The Morgan fingerprint density at radius 1 is 1.17 bits per heavy atom. The van der Waals surface area contributed by atoms with Crippen molar-refractivity contribution in [2.24, 2.45) is 16.8 Å². The normalized spacial score (nSPS) is 22.1. The van der Waals surface area contributed by atoms with E-state index < -0.39 is 12.1 Å². The largest absolute Gasteiger partial charge is 0.346 e. The van der Waals surface area contributed by atoms with Crippen LogP contribution in [-0.4, -0.2) is 16.4 Å². The number of nitrogens with two attached hydrogens (primary N) is 1. The van der Waals surface area contributed by atoms with Crippen LogP contribution in [0.1, 0.15) is 48.7 Å². The molecular formula is C24H26N6. The van der Waals surface area contributed by atoms with Crippen molar-refractivity contribution in [3.8, 4) is 12.1 Å². The van der Waals surface area contributed by atoms with Crippen molar-refractivity contribution in [3.05, 3.63) is 58.9 Å². The fourth-order valence-corrected chi connectivity index (χ4v) is 4.71. The number of rotatable bonds is 4. The van der Waals surface area contributed by atoms with Crippen molar-refractivity contribution in [2.45, 2.75) is 51.7 Å². The highest BCUT2D eigenvalue weighted by Gasteiger charge is 2.37. The summed E-state index contributed by atoms with van der Waals surface area (Å²) in [5.74, 6) is -0.672. The molecule has 1 saturated carbocycles. The SMILES string of the molecule is Cc1cc(/C=C(/C#N)C2=NN(c3ccccc3)[C@H](N)[C@@H]2C#N)c(C)n1C1CCCC1. The molecule has 1 aromatic carbocycles. The molecule has 1 aromatic heterocycles. The van der Waals surface area contributed by atoms with Crippen LogP contribution in [-0.2, 0) is 0 Å². The molecule has 4 rings (SSSR count). The second kappa shape index (κ2) is 8.18. The molecule has 0 unspecified atom stereocenters. The minimum atomic E-state index is -0.672. The molecule has 0 spiro atoms. The lowest BCUT2D eigenvalue weighted by atomic mass is 9.95. The summed E-state index contributed by atoms with van der Waals surface area (Å²) in [5, 5.41) is 25.9. The first-order valence-electron chi connectivity index (χ1n) is 10.4. The first-order valence-corrected chi connectivity index (χ1v) is 10.4. The van der Waals surface area contributed by atoms with Gasteiger partial charge < -0.3 is 10.3 Å². The fraction of sp³-hybridized carbons (Fsp3) is 0.375. The highest BCUT2D eigenvalue weighted by molar-refractivity contribution is 6.11. The second-order valence-corrected chi connectivity index (χ2v) is 8.07. The van der Waals surface area contributed by atoms with Gasteiger partial charge in [0.15, 0.2) is 0 Å². The van der Waals surface area contributed by atoms with Gasteiger partial charge >= 0.3 is 0 Å². The Hall–Kier alpha value is -3.35. The van der Waals surface area contributed by atoms with Crippen molar-refractivity contribution in [2.75, 3.05) is 5.01 Å². The van der Waals surface area contributed by atoms with Gasteiger partial charge in [-0.3, -0.25) is 0 Å². The van der Waals surface area contributed by atoms with Crippen molar-refractivity contribution in [1.29, 1.82) is 10.5 Å². The highest BCUT2D eigenvalue weighted by atomic mass is 15.5. The molecule has 6 heteroatoms. The van der Waals surface area contributed by atoms with E-state index in [4.69, 9.17) is 5.73 Å². The summed E-state index contributed by atoms with van der Waals surface area (Å²) in [4.78, 5) is 0. The van der Waals surface area contributed by atoms with Crippen LogP contribution >= 0.6 is 0 Å². The average molecular weight is 399 g/mol. The highest BCUT2D eigenvalue weighted by Crippen LogP contribution is 2.34. The zero-order chi connectivity index (χ0) is 21.3. The molecule has 2 N–H and O–H groups in total. The molecule has 1 aliphatic carbocycles. The molecule has 1 fully saturated rings. The van der Waals surface area contributed by atoms with Crippen LogP contribution in [0.5, 0.6) is 0 Å². The van der Waals surface area contributed by atoms with E-state index in [-0.39, 0.29) is 0 Å². The zero-order valence-electron chi connectivity index (χ0n) is 17.4. The Kier molecular flexibility index (Phi) is 5.44. The summed E-state index contributed by atoms with van der Waals surface area (Å²) >= 11 is 0. The first kappa shape index (κ1) is 19.9. The number of para-hydroxylation sites is 1. The molecule has 2 aromatic rings. The number of anilines is 1. The van der Waals surface area contributed by atoms with Gasteiger partial charge in [0.1, 0.15) is 18.2 Å². The van der Waals surface area contributed by atoms with Gasteiger partial charge in [-0.25, -0.2) is 5.01 Å². The predicted octanol–water partition coefficient (Wildman–Crippen LogP) is 4.43.